The van der Waals surface area contributed by atoms with Gasteiger partial charge in [0.05, 0.1) is 0 Å². The molecule has 0 saturated heterocycles. The lowest BCUT2D eigenvalue weighted by molar-refractivity contribution is -0.110. The van der Waals surface area contributed by atoms with Crippen molar-refractivity contribution in [3.8, 4) is 0 Å². The summed E-state index contributed by atoms with van der Waals surface area (Å²) < 4.78 is 5.23. The van der Waals surface area contributed by atoms with Gasteiger partial charge in [0.25, 0.3) is 0 Å². The Morgan fingerprint density at radius 3 is 2.00 bits per heavy atom. The largest absolute Gasteiger partial charge is 0.485 e. The number of rotatable bonds is 2. The molecule has 0 radical (unpaired) electrons. The van der Waals surface area contributed by atoms with E-state index in [9.17, 15) is 4.79 Å². The normalized spacial score (nSPS) is 13.0. The fourth-order valence-corrected chi connectivity index (χ4v) is 0.505. The number of hydrogen-bond acceptors (Lipinski definition) is 2. The molecule has 0 aromatic rings. The second kappa shape index (κ2) is 3.40. The average molecular weight is 142 g/mol. The van der Waals surface area contributed by atoms with Crippen molar-refractivity contribution in [1.82, 2.24) is 0 Å². The average Bonchev–Trinajstić information content (AvgIpc) is 1.81. The highest BCUT2D eigenvalue weighted by Gasteiger charge is 2.11. The van der Waals surface area contributed by atoms with E-state index in [0.29, 0.717) is 12.0 Å². The number of allylic oxidation sites excluding steroid dienone is 2. The molecule has 0 spiro atoms. The third kappa shape index (κ3) is 4.13. The van der Waals surface area contributed by atoms with Gasteiger partial charge in [-0.25, -0.2) is 0 Å². The van der Waals surface area contributed by atoms with Crippen LogP contribution >= 0.6 is 0 Å². The van der Waals surface area contributed by atoms with Crippen LogP contribution in [-0.2, 0) is 9.53 Å². The Kier molecular flexibility index (Phi) is 3.13. The molecule has 0 unspecified atom stereocenters. The van der Waals surface area contributed by atoms with Gasteiger partial charge in [-0.1, -0.05) is 0 Å². The molecule has 0 N–H and O–H groups in total. The van der Waals surface area contributed by atoms with Crippen LogP contribution in [0.1, 0.15) is 27.7 Å². The topological polar surface area (TPSA) is 26.3 Å². The van der Waals surface area contributed by atoms with Crippen LogP contribution in [0.4, 0.5) is 0 Å². The molecule has 0 aromatic carbocycles. The minimum absolute atomic E-state index is 0.275. The van der Waals surface area contributed by atoms with E-state index in [4.69, 9.17) is 4.74 Å². The summed E-state index contributed by atoms with van der Waals surface area (Å²) in [5.74, 6) is 0.396. The van der Waals surface area contributed by atoms with Gasteiger partial charge in [-0.15, -0.1) is 0 Å². The number of aldehydes is 1. The van der Waals surface area contributed by atoms with Gasteiger partial charge in [-0.2, -0.15) is 0 Å². The van der Waals surface area contributed by atoms with E-state index in [0.717, 1.165) is 0 Å². The highest BCUT2D eigenvalue weighted by molar-refractivity contribution is 5.69. The predicted molar refractivity (Wildman–Crippen MR) is 40.7 cm³/mol. The Labute approximate surface area is 61.9 Å². The summed E-state index contributed by atoms with van der Waals surface area (Å²) in [6.45, 7) is 7.48. The van der Waals surface area contributed by atoms with Gasteiger partial charge < -0.3 is 4.74 Å². The van der Waals surface area contributed by atoms with Crippen LogP contribution in [0.25, 0.3) is 0 Å². The Balaban J connectivity index is 4.01. The Morgan fingerprint density at radius 1 is 1.40 bits per heavy atom. The van der Waals surface area contributed by atoms with E-state index >= 15 is 0 Å². The number of hydrogen-bond donors (Lipinski definition) is 0. The van der Waals surface area contributed by atoms with Gasteiger partial charge in [-0.05, 0) is 33.8 Å². The standard InChI is InChI=1S/C8H14O2/c1-5-7(6-9)10-8(2,3)4/h5-6H,1-4H3/b7-5+. The molecule has 0 aliphatic carbocycles. The van der Waals surface area contributed by atoms with Crippen LogP contribution in [0, 0.1) is 0 Å². The van der Waals surface area contributed by atoms with Crippen molar-refractivity contribution in [2.75, 3.05) is 0 Å². The van der Waals surface area contributed by atoms with Crippen LogP contribution in [0.2, 0.25) is 0 Å². The van der Waals surface area contributed by atoms with E-state index in [-0.39, 0.29) is 5.60 Å². The highest BCUT2D eigenvalue weighted by atomic mass is 16.5. The lowest BCUT2D eigenvalue weighted by Crippen LogP contribution is -2.18. The molecule has 2 nitrogen and oxygen atoms in total. The number of ether oxygens (including phenoxy) is 1. The minimum atomic E-state index is -0.275. The van der Waals surface area contributed by atoms with E-state index in [2.05, 4.69) is 0 Å². The summed E-state index contributed by atoms with van der Waals surface area (Å²) >= 11 is 0. The smallest absolute Gasteiger partial charge is 0.184 e. The van der Waals surface area contributed by atoms with Crippen LogP contribution in [-0.4, -0.2) is 11.9 Å². The molecule has 0 atom stereocenters. The first-order valence-electron chi connectivity index (χ1n) is 3.30. The third-order valence-electron chi connectivity index (χ3n) is 0.825. The molecule has 58 valence electrons. The van der Waals surface area contributed by atoms with Gasteiger partial charge >= 0.3 is 0 Å². The first kappa shape index (κ1) is 9.21. The molecule has 0 aliphatic heterocycles. The second-order valence-electron chi connectivity index (χ2n) is 3.02. The fourth-order valence-electron chi connectivity index (χ4n) is 0.505. The molecule has 0 rings (SSSR count). The summed E-state index contributed by atoms with van der Waals surface area (Å²) in [5.41, 5.74) is -0.275. The van der Waals surface area contributed by atoms with Crippen LogP contribution in [0.15, 0.2) is 11.8 Å². The van der Waals surface area contributed by atoms with E-state index < -0.39 is 0 Å². The lowest BCUT2D eigenvalue weighted by Gasteiger charge is -2.20. The van der Waals surface area contributed by atoms with E-state index in [1.165, 1.54) is 0 Å². The molecule has 0 amide bonds. The quantitative estimate of drug-likeness (QED) is 0.334. The van der Waals surface area contributed by atoms with E-state index in [1.807, 2.05) is 20.8 Å². The SMILES string of the molecule is C/C=C(\C=O)OC(C)(C)C. The number of carbonyl (C=O) groups is 1. The maximum absolute atomic E-state index is 10.2. The van der Waals surface area contributed by atoms with Crippen molar-refractivity contribution in [1.29, 1.82) is 0 Å². The first-order chi connectivity index (χ1) is 4.49. The van der Waals surface area contributed by atoms with Crippen molar-refractivity contribution < 1.29 is 9.53 Å². The highest BCUT2D eigenvalue weighted by Crippen LogP contribution is 2.11. The Hall–Kier alpha value is -0.790. The van der Waals surface area contributed by atoms with E-state index in [1.54, 1.807) is 13.0 Å². The molecule has 0 saturated carbocycles. The summed E-state index contributed by atoms with van der Waals surface area (Å²) in [6.07, 6.45) is 2.36. The van der Waals surface area contributed by atoms with Crippen molar-refractivity contribution in [3.63, 3.8) is 0 Å². The molecule has 0 aliphatic rings. The van der Waals surface area contributed by atoms with Crippen molar-refractivity contribution in [2.24, 2.45) is 0 Å². The lowest BCUT2D eigenvalue weighted by atomic mass is 10.2. The zero-order chi connectivity index (χ0) is 8.20. The van der Waals surface area contributed by atoms with Crippen molar-refractivity contribution in [3.05, 3.63) is 11.8 Å². The molecular formula is C8H14O2. The maximum atomic E-state index is 10.2. The molecule has 0 heterocycles. The minimum Gasteiger partial charge on any atom is -0.485 e. The summed E-state index contributed by atoms with van der Waals surface area (Å²) in [4.78, 5) is 10.2. The van der Waals surface area contributed by atoms with Crippen LogP contribution < -0.4 is 0 Å². The summed E-state index contributed by atoms with van der Waals surface area (Å²) in [5, 5.41) is 0. The molecule has 10 heavy (non-hydrogen) atoms. The molecule has 2 heteroatoms. The second-order valence-corrected chi connectivity index (χ2v) is 3.02. The first-order valence-corrected chi connectivity index (χ1v) is 3.30. The van der Waals surface area contributed by atoms with Gasteiger partial charge in [0.2, 0.25) is 0 Å². The zero-order valence-corrected chi connectivity index (χ0v) is 6.97. The summed E-state index contributed by atoms with van der Waals surface area (Å²) in [7, 11) is 0. The molecule has 0 fully saturated rings. The Morgan fingerprint density at radius 2 is 1.90 bits per heavy atom. The maximum Gasteiger partial charge on any atom is 0.184 e. The third-order valence-corrected chi connectivity index (χ3v) is 0.825. The van der Waals surface area contributed by atoms with Gasteiger partial charge in [-0.3, -0.25) is 4.79 Å². The number of carbonyl (C=O) groups excluding carboxylic acids is 1. The van der Waals surface area contributed by atoms with Gasteiger partial charge in [0.15, 0.2) is 12.0 Å². The molecular weight excluding hydrogens is 128 g/mol. The van der Waals surface area contributed by atoms with Gasteiger partial charge in [0.1, 0.15) is 5.60 Å². The van der Waals surface area contributed by atoms with Crippen molar-refractivity contribution in [2.45, 2.75) is 33.3 Å². The van der Waals surface area contributed by atoms with Crippen LogP contribution in [0.3, 0.4) is 0 Å². The zero-order valence-electron chi connectivity index (χ0n) is 6.97. The summed E-state index contributed by atoms with van der Waals surface area (Å²) in [6, 6.07) is 0. The molecule has 0 bridgehead atoms. The van der Waals surface area contributed by atoms with Crippen LogP contribution in [0.5, 0.6) is 0 Å². The van der Waals surface area contributed by atoms with Crippen molar-refractivity contribution >= 4 is 6.29 Å². The Bertz CT molecular complexity index is 140. The predicted octanol–water partition coefficient (Wildman–Crippen LogP) is 1.90. The monoisotopic (exact) mass is 142 g/mol. The van der Waals surface area contributed by atoms with Gasteiger partial charge in [0, 0.05) is 0 Å². The fraction of sp³-hybridized carbons (Fsp3) is 0.625. The molecule has 0 aromatic heterocycles.